The maximum absolute atomic E-state index is 11.5. The maximum atomic E-state index is 11.5. The minimum atomic E-state index is -0.378. The maximum Gasteiger partial charge on any atom is 0.250 e. The van der Waals surface area contributed by atoms with Crippen molar-refractivity contribution >= 4 is 34.1 Å². The Bertz CT molecular complexity index is 653. The van der Waals surface area contributed by atoms with E-state index in [9.17, 15) is 9.90 Å². The van der Waals surface area contributed by atoms with Crippen LogP contribution in [0.5, 0.6) is 5.75 Å². The molecular weight excluding hydrogens is 252 g/mol. The molecule has 2 N–H and O–H groups in total. The summed E-state index contributed by atoms with van der Waals surface area (Å²) in [6, 6.07) is 4.95. The van der Waals surface area contributed by atoms with Crippen molar-refractivity contribution in [2.24, 2.45) is 0 Å². The largest absolute Gasteiger partial charge is 0.504 e. The zero-order valence-corrected chi connectivity index (χ0v) is 10.5. The van der Waals surface area contributed by atoms with Gasteiger partial charge in [0.1, 0.15) is 5.52 Å². The van der Waals surface area contributed by atoms with Gasteiger partial charge in [0, 0.05) is 17.2 Å². The van der Waals surface area contributed by atoms with Crippen LogP contribution in [0, 0.1) is 0 Å². The van der Waals surface area contributed by atoms with E-state index in [2.05, 4.69) is 16.9 Å². The number of halogens is 1. The standard InChI is InChI=1S/C13H11ClN2O2/c1-7(2)13(18)16-10-6-9(14)8-4-3-5-15-11(8)12(10)17/h3-6,17H,1H2,2H3,(H,16,18). The lowest BCUT2D eigenvalue weighted by atomic mass is 10.1. The van der Waals surface area contributed by atoms with Crippen LogP contribution in [-0.2, 0) is 4.79 Å². The van der Waals surface area contributed by atoms with Crippen molar-refractivity contribution in [3.63, 3.8) is 0 Å². The summed E-state index contributed by atoms with van der Waals surface area (Å²) in [6.07, 6.45) is 1.54. The first-order valence-corrected chi connectivity index (χ1v) is 5.61. The van der Waals surface area contributed by atoms with Crippen molar-refractivity contribution in [3.8, 4) is 5.75 Å². The van der Waals surface area contributed by atoms with Gasteiger partial charge < -0.3 is 10.4 Å². The van der Waals surface area contributed by atoms with Crippen LogP contribution in [0.2, 0.25) is 5.02 Å². The normalized spacial score (nSPS) is 10.3. The van der Waals surface area contributed by atoms with Gasteiger partial charge in [-0.25, -0.2) is 0 Å². The number of nitrogens with zero attached hydrogens (tertiary/aromatic N) is 1. The lowest BCUT2D eigenvalue weighted by Gasteiger charge is -2.10. The molecule has 2 rings (SSSR count). The van der Waals surface area contributed by atoms with E-state index in [1.165, 1.54) is 6.07 Å². The number of phenols is 1. The van der Waals surface area contributed by atoms with Gasteiger partial charge in [-0.3, -0.25) is 9.78 Å². The highest BCUT2D eigenvalue weighted by atomic mass is 35.5. The number of carbonyl (C=O) groups is 1. The number of nitrogens with one attached hydrogen (secondary N) is 1. The van der Waals surface area contributed by atoms with Crippen molar-refractivity contribution < 1.29 is 9.90 Å². The first kappa shape index (κ1) is 12.4. The van der Waals surface area contributed by atoms with Crippen molar-refractivity contribution in [1.29, 1.82) is 0 Å². The molecule has 0 aliphatic heterocycles. The number of rotatable bonds is 2. The molecule has 0 aliphatic carbocycles. The van der Waals surface area contributed by atoms with Crippen LogP contribution in [0.3, 0.4) is 0 Å². The lowest BCUT2D eigenvalue weighted by molar-refractivity contribution is -0.112. The molecule has 0 saturated carbocycles. The molecule has 0 fully saturated rings. The summed E-state index contributed by atoms with van der Waals surface area (Å²) in [5, 5.41) is 13.6. The van der Waals surface area contributed by atoms with Crippen LogP contribution in [0.1, 0.15) is 6.92 Å². The highest BCUT2D eigenvalue weighted by Crippen LogP contribution is 2.36. The monoisotopic (exact) mass is 262 g/mol. The molecule has 5 heteroatoms. The molecule has 1 heterocycles. The number of phenolic OH excluding ortho intramolecular Hbond substituents is 1. The van der Waals surface area contributed by atoms with Gasteiger partial charge in [0.2, 0.25) is 0 Å². The van der Waals surface area contributed by atoms with Crippen molar-refractivity contribution in [2.45, 2.75) is 6.92 Å². The number of aromatic hydroxyl groups is 1. The third-order valence-corrected chi connectivity index (χ3v) is 2.76. The van der Waals surface area contributed by atoms with Crippen LogP contribution in [0.15, 0.2) is 36.5 Å². The molecular formula is C13H11ClN2O2. The Balaban J connectivity index is 2.56. The summed E-state index contributed by atoms with van der Waals surface area (Å²) in [7, 11) is 0. The Morgan fingerprint density at radius 2 is 2.28 bits per heavy atom. The van der Waals surface area contributed by atoms with Gasteiger partial charge in [0.15, 0.2) is 5.75 Å². The van der Waals surface area contributed by atoms with E-state index in [1.807, 2.05) is 0 Å². The summed E-state index contributed by atoms with van der Waals surface area (Å²) in [6.45, 7) is 5.10. The van der Waals surface area contributed by atoms with Crippen LogP contribution < -0.4 is 5.32 Å². The van der Waals surface area contributed by atoms with E-state index >= 15 is 0 Å². The lowest BCUT2D eigenvalue weighted by Crippen LogP contribution is -2.12. The SMILES string of the molecule is C=C(C)C(=O)Nc1cc(Cl)c2cccnc2c1O. The Morgan fingerprint density at radius 1 is 1.56 bits per heavy atom. The topological polar surface area (TPSA) is 62.2 Å². The third kappa shape index (κ3) is 2.15. The van der Waals surface area contributed by atoms with Crippen LogP contribution >= 0.6 is 11.6 Å². The van der Waals surface area contributed by atoms with E-state index in [1.54, 1.807) is 25.3 Å². The predicted octanol–water partition coefficient (Wildman–Crippen LogP) is 3.11. The van der Waals surface area contributed by atoms with Gasteiger partial charge in [-0.15, -0.1) is 0 Å². The molecule has 4 nitrogen and oxygen atoms in total. The van der Waals surface area contributed by atoms with E-state index in [-0.39, 0.29) is 17.3 Å². The number of carbonyl (C=O) groups excluding carboxylic acids is 1. The number of fused-ring (bicyclic) bond motifs is 1. The van der Waals surface area contributed by atoms with Crippen molar-refractivity contribution in [2.75, 3.05) is 5.32 Å². The number of anilines is 1. The fourth-order valence-corrected chi connectivity index (χ4v) is 1.77. The predicted molar refractivity (Wildman–Crippen MR) is 71.9 cm³/mol. The summed E-state index contributed by atoms with van der Waals surface area (Å²) in [5.41, 5.74) is 0.910. The average molecular weight is 263 g/mol. The van der Waals surface area contributed by atoms with Gasteiger partial charge in [0.05, 0.1) is 10.7 Å². The van der Waals surface area contributed by atoms with E-state index in [4.69, 9.17) is 11.6 Å². The highest BCUT2D eigenvalue weighted by Gasteiger charge is 2.13. The number of hydrogen-bond acceptors (Lipinski definition) is 3. The van der Waals surface area contributed by atoms with Gasteiger partial charge in [-0.05, 0) is 25.1 Å². The summed E-state index contributed by atoms with van der Waals surface area (Å²) in [5.74, 6) is -0.485. The van der Waals surface area contributed by atoms with Crippen LogP contribution in [0.25, 0.3) is 10.9 Å². The van der Waals surface area contributed by atoms with E-state index in [0.29, 0.717) is 21.5 Å². The molecule has 1 aromatic heterocycles. The van der Waals surface area contributed by atoms with Gasteiger partial charge in [-0.1, -0.05) is 18.2 Å². The second-order valence-corrected chi connectivity index (χ2v) is 4.30. The molecule has 0 bridgehead atoms. The van der Waals surface area contributed by atoms with Crippen molar-refractivity contribution in [1.82, 2.24) is 4.98 Å². The van der Waals surface area contributed by atoms with Gasteiger partial charge >= 0.3 is 0 Å². The zero-order chi connectivity index (χ0) is 13.3. The Kier molecular flexibility index (Phi) is 3.21. The summed E-state index contributed by atoms with van der Waals surface area (Å²) < 4.78 is 0. The third-order valence-electron chi connectivity index (χ3n) is 2.45. The van der Waals surface area contributed by atoms with Crippen LogP contribution in [0.4, 0.5) is 5.69 Å². The molecule has 0 unspecified atom stereocenters. The Labute approximate surface area is 109 Å². The fraction of sp³-hybridized carbons (Fsp3) is 0.0769. The zero-order valence-electron chi connectivity index (χ0n) is 9.70. The fourth-order valence-electron chi connectivity index (χ4n) is 1.51. The number of hydrogen-bond donors (Lipinski definition) is 2. The van der Waals surface area contributed by atoms with Gasteiger partial charge in [-0.2, -0.15) is 0 Å². The number of benzene rings is 1. The van der Waals surface area contributed by atoms with E-state index < -0.39 is 0 Å². The quantitative estimate of drug-likeness (QED) is 0.646. The smallest absolute Gasteiger partial charge is 0.250 e. The molecule has 0 radical (unpaired) electrons. The van der Waals surface area contributed by atoms with E-state index in [0.717, 1.165) is 0 Å². The first-order chi connectivity index (χ1) is 8.50. The first-order valence-electron chi connectivity index (χ1n) is 5.23. The molecule has 0 saturated heterocycles. The highest BCUT2D eigenvalue weighted by molar-refractivity contribution is 6.36. The molecule has 1 amide bonds. The molecule has 92 valence electrons. The van der Waals surface area contributed by atoms with Crippen LogP contribution in [-0.4, -0.2) is 16.0 Å². The Morgan fingerprint density at radius 3 is 2.94 bits per heavy atom. The summed E-state index contributed by atoms with van der Waals surface area (Å²) in [4.78, 5) is 15.6. The summed E-state index contributed by atoms with van der Waals surface area (Å²) >= 11 is 6.07. The minimum absolute atomic E-state index is 0.107. The Hall–Kier alpha value is -2.07. The minimum Gasteiger partial charge on any atom is -0.504 e. The number of pyridine rings is 1. The molecule has 2 aromatic rings. The molecule has 18 heavy (non-hydrogen) atoms. The van der Waals surface area contributed by atoms with Crippen molar-refractivity contribution in [3.05, 3.63) is 41.6 Å². The molecule has 0 aliphatic rings. The molecule has 0 atom stereocenters. The molecule has 0 spiro atoms. The number of aromatic nitrogens is 1. The number of amides is 1. The van der Waals surface area contributed by atoms with Gasteiger partial charge in [0.25, 0.3) is 5.91 Å². The second kappa shape index (κ2) is 4.66. The molecule has 1 aromatic carbocycles. The second-order valence-electron chi connectivity index (χ2n) is 3.89. The average Bonchev–Trinajstić information content (AvgIpc) is 2.35.